The number of thiophene rings is 1. The highest BCUT2D eigenvalue weighted by Crippen LogP contribution is 2.32. The Balaban J connectivity index is 1.89. The van der Waals surface area contributed by atoms with E-state index in [0.717, 1.165) is 15.3 Å². The smallest absolute Gasteiger partial charge is 0.266 e. The Morgan fingerprint density at radius 3 is 2.90 bits per heavy atom. The molecular weight excluding hydrogens is 304 g/mol. The highest BCUT2D eigenvalue weighted by Gasteiger charge is 2.21. The number of aromatic nitrogens is 2. The second-order valence-electron chi connectivity index (χ2n) is 4.72. The average Bonchev–Trinajstić information content (AvgIpc) is 3.03. The second-order valence-corrected chi connectivity index (χ2v) is 6.71. The second kappa shape index (κ2) is 5.42. The van der Waals surface area contributed by atoms with Crippen LogP contribution in [0.25, 0.3) is 10.2 Å². The van der Waals surface area contributed by atoms with Gasteiger partial charge in [0.25, 0.3) is 5.91 Å². The summed E-state index contributed by atoms with van der Waals surface area (Å²) in [7, 11) is 1.78. The van der Waals surface area contributed by atoms with E-state index in [1.807, 2.05) is 19.1 Å². The first-order valence-electron chi connectivity index (χ1n) is 6.35. The molecule has 21 heavy (non-hydrogen) atoms. The number of pyridine rings is 1. The van der Waals surface area contributed by atoms with Gasteiger partial charge in [0, 0.05) is 18.1 Å². The number of aryl methyl sites for hydroxylation is 1. The molecule has 0 saturated carbocycles. The van der Waals surface area contributed by atoms with E-state index in [4.69, 9.17) is 5.73 Å². The van der Waals surface area contributed by atoms with Gasteiger partial charge in [0.05, 0.1) is 28.1 Å². The normalized spacial score (nSPS) is 11.0. The van der Waals surface area contributed by atoms with E-state index in [-0.39, 0.29) is 5.91 Å². The van der Waals surface area contributed by atoms with Crippen molar-refractivity contribution in [3.8, 4) is 0 Å². The molecule has 2 N–H and O–H groups in total. The van der Waals surface area contributed by atoms with E-state index in [2.05, 4.69) is 9.97 Å². The van der Waals surface area contributed by atoms with Gasteiger partial charge in [-0.15, -0.1) is 22.7 Å². The summed E-state index contributed by atoms with van der Waals surface area (Å²) in [5.41, 5.74) is 10.00. The molecule has 108 valence electrons. The van der Waals surface area contributed by atoms with Crippen LogP contribution >= 0.6 is 22.7 Å². The number of amides is 1. The maximum Gasteiger partial charge on any atom is 0.266 e. The highest BCUT2D eigenvalue weighted by molar-refractivity contribution is 7.21. The van der Waals surface area contributed by atoms with Crippen LogP contribution in [0, 0.1) is 6.92 Å². The molecule has 0 aliphatic rings. The van der Waals surface area contributed by atoms with Gasteiger partial charge in [0.15, 0.2) is 0 Å². The molecule has 0 bridgehead atoms. The summed E-state index contributed by atoms with van der Waals surface area (Å²) in [6.45, 7) is 2.48. The van der Waals surface area contributed by atoms with Gasteiger partial charge in [-0.25, -0.2) is 4.98 Å². The number of carbonyl (C=O) groups excluding carboxylic acids is 1. The largest absolute Gasteiger partial charge is 0.396 e. The van der Waals surface area contributed by atoms with Crippen molar-refractivity contribution in [2.75, 3.05) is 12.8 Å². The maximum atomic E-state index is 12.6. The Kier molecular flexibility index (Phi) is 3.60. The van der Waals surface area contributed by atoms with Gasteiger partial charge < -0.3 is 10.6 Å². The molecule has 0 atom stereocenters. The molecule has 3 aromatic rings. The lowest BCUT2D eigenvalue weighted by Gasteiger charge is -2.15. The number of hydrogen-bond donors (Lipinski definition) is 1. The minimum Gasteiger partial charge on any atom is -0.396 e. The molecule has 1 amide bonds. The first-order chi connectivity index (χ1) is 10.1. The Morgan fingerprint density at radius 1 is 1.43 bits per heavy atom. The van der Waals surface area contributed by atoms with Crippen LogP contribution in [0.2, 0.25) is 0 Å². The number of hydrogen-bond acceptors (Lipinski definition) is 6. The lowest BCUT2D eigenvalue weighted by atomic mass is 10.3. The van der Waals surface area contributed by atoms with Gasteiger partial charge in [0.1, 0.15) is 10.4 Å². The van der Waals surface area contributed by atoms with Crippen LogP contribution in [-0.2, 0) is 6.54 Å². The Labute approximate surface area is 130 Å². The summed E-state index contributed by atoms with van der Waals surface area (Å²) in [4.78, 5) is 24.3. The SMILES string of the molecule is Cc1ncsc1CN(C)C(=O)c1sc2cccnc2c1N. The van der Waals surface area contributed by atoms with Gasteiger partial charge in [-0.2, -0.15) is 0 Å². The van der Waals surface area contributed by atoms with Crippen molar-refractivity contribution in [1.82, 2.24) is 14.9 Å². The van der Waals surface area contributed by atoms with Crippen LogP contribution in [0.5, 0.6) is 0 Å². The standard InChI is InChI=1S/C14H14N4OS2/c1-8-10(20-7-17-8)6-18(2)14(19)13-11(15)12-9(21-13)4-3-5-16-12/h3-5,7H,6,15H2,1-2H3. The van der Waals surface area contributed by atoms with Crippen LogP contribution in [0.15, 0.2) is 23.8 Å². The van der Waals surface area contributed by atoms with Gasteiger partial charge in [-0.3, -0.25) is 9.78 Å². The van der Waals surface area contributed by atoms with Crippen LogP contribution < -0.4 is 5.73 Å². The van der Waals surface area contributed by atoms with E-state index in [1.54, 1.807) is 35.0 Å². The number of carbonyl (C=O) groups is 1. The van der Waals surface area contributed by atoms with Gasteiger partial charge in [0.2, 0.25) is 0 Å². The number of thiazole rings is 1. The van der Waals surface area contributed by atoms with Gasteiger partial charge in [-0.1, -0.05) is 0 Å². The number of nitrogens with two attached hydrogens (primary N) is 1. The third-order valence-electron chi connectivity index (χ3n) is 3.25. The van der Waals surface area contributed by atoms with Gasteiger partial charge in [-0.05, 0) is 19.1 Å². The predicted molar refractivity (Wildman–Crippen MR) is 86.7 cm³/mol. The molecule has 0 aliphatic carbocycles. The molecule has 3 aromatic heterocycles. The fourth-order valence-corrected chi connectivity index (χ4v) is 3.95. The van der Waals surface area contributed by atoms with Crippen molar-refractivity contribution < 1.29 is 4.79 Å². The first-order valence-corrected chi connectivity index (χ1v) is 8.05. The molecule has 5 nitrogen and oxygen atoms in total. The summed E-state index contributed by atoms with van der Waals surface area (Å²) in [6, 6.07) is 3.77. The summed E-state index contributed by atoms with van der Waals surface area (Å²) >= 11 is 2.94. The maximum absolute atomic E-state index is 12.6. The van der Waals surface area contributed by atoms with Crippen molar-refractivity contribution in [3.63, 3.8) is 0 Å². The molecule has 0 aliphatic heterocycles. The molecule has 0 radical (unpaired) electrons. The lowest BCUT2D eigenvalue weighted by Crippen LogP contribution is -2.26. The molecule has 0 spiro atoms. The minimum atomic E-state index is -0.0803. The van der Waals surface area contributed by atoms with E-state index in [0.29, 0.717) is 22.6 Å². The molecule has 3 rings (SSSR count). The molecule has 0 fully saturated rings. The van der Waals surface area contributed by atoms with Gasteiger partial charge >= 0.3 is 0 Å². The number of nitrogen functional groups attached to an aromatic ring is 1. The molecule has 0 saturated heterocycles. The van der Waals surface area contributed by atoms with Crippen molar-refractivity contribution in [1.29, 1.82) is 0 Å². The topological polar surface area (TPSA) is 72.1 Å². The zero-order valence-electron chi connectivity index (χ0n) is 11.7. The summed E-state index contributed by atoms with van der Waals surface area (Å²) in [5, 5.41) is 0. The summed E-state index contributed by atoms with van der Waals surface area (Å²) in [5.74, 6) is -0.0803. The first kappa shape index (κ1) is 14.0. The van der Waals surface area contributed by atoms with E-state index in [1.165, 1.54) is 11.3 Å². The fraction of sp³-hybridized carbons (Fsp3) is 0.214. The third kappa shape index (κ3) is 2.50. The van der Waals surface area contributed by atoms with Crippen LogP contribution in [0.4, 0.5) is 5.69 Å². The Bertz CT molecular complexity index is 808. The quantitative estimate of drug-likeness (QED) is 0.806. The number of nitrogens with zero attached hydrogens (tertiary/aromatic N) is 3. The van der Waals surface area contributed by atoms with E-state index >= 15 is 0 Å². The third-order valence-corrected chi connectivity index (χ3v) is 5.32. The molecule has 0 aromatic carbocycles. The van der Waals surface area contributed by atoms with Crippen LogP contribution in [0.3, 0.4) is 0 Å². The monoisotopic (exact) mass is 318 g/mol. The zero-order chi connectivity index (χ0) is 15.0. The Hall–Kier alpha value is -1.99. The number of anilines is 1. The van der Waals surface area contributed by atoms with Crippen LogP contribution in [-0.4, -0.2) is 27.8 Å². The fourth-order valence-electron chi connectivity index (χ4n) is 2.05. The van der Waals surface area contributed by atoms with E-state index < -0.39 is 0 Å². The molecular formula is C14H14N4OS2. The number of fused-ring (bicyclic) bond motifs is 1. The summed E-state index contributed by atoms with van der Waals surface area (Å²) < 4.78 is 0.931. The molecule has 0 unspecified atom stereocenters. The highest BCUT2D eigenvalue weighted by atomic mass is 32.1. The average molecular weight is 318 g/mol. The predicted octanol–water partition coefficient (Wildman–Crippen LogP) is 2.92. The minimum absolute atomic E-state index is 0.0803. The lowest BCUT2D eigenvalue weighted by molar-refractivity contribution is 0.0792. The Morgan fingerprint density at radius 2 is 2.24 bits per heavy atom. The zero-order valence-corrected chi connectivity index (χ0v) is 13.3. The molecule has 3 heterocycles. The van der Waals surface area contributed by atoms with Crippen molar-refractivity contribution in [3.05, 3.63) is 39.3 Å². The van der Waals surface area contributed by atoms with Crippen LogP contribution in [0.1, 0.15) is 20.2 Å². The van der Waals surface area contributed by atoms with Crippen molar-refractivity contribution in [2.45, 2.75) is 13.5 Å². The molecule has 7 heteroatoms. The summed E-state index contributed by atoms with van der Waals surface area (Å²) in [6.07, 6.45) is 1.68. The van der Waals surface area contributed by atoms with Crippen molar-refractivity contribution >= 4 is 44.5 Å². The van der Waals surface area contributed by atoms with Crippen molar-refractivity contribution in [2.24, 2.45) is 0 Å². The van der Waals surface area contributed by atoms with E-state index in [9.17, 15) is 4.79 Å². The number of rotatable bonds is 3.